The number of rotatable bonds is 6. The highest BCUT2D eigenvalue weighted by Gasteiger charge is 2.30. The lowest BCUT2D eigenvalue weighted by atomic mass is 9.68. The molecule has 1 aromatic carbocycles. The van der Waals surface area contributed by atoms with Crippen LogP contribution in [0.1, 0.15) is 75.3 Å². The Morgan fingerprint density at radius 3 is 2.15 bits per heavy atom. The van der Waals surface area contributed by atoms with Crippen molar-refractivity contribution in [2.24, 2.45) is 17.8 Å². The lowest BCUT2D eigenvalue weighted by Crippen LogP contribution is -2.25. The Labute approximate surface area is 159 Å². The first kappa shape index (κ1) is 19.2. The molecule has 0 heterocycles. The number of nitriles is 1. The molecule has 2 fully saturated rings. The number of hydrogen-bond donors (Lipinski definition) is 0. The fourth-order valence-electron chi connectivity index (χ4n) is 5.00. The number of allylic oxidation sites excluding steroid dienone is 1. The summed E-state index contributed by atoms with van der Waals surface area (Å²) in [6.07, 6.45) is 15.6. The smallest absolute Gasteiger partial charge is 0.0991 e. The fourth-order valence-corrected chi connectivity index (χ4v) is 5.00. The molecule has 0 aromatic heterocycles. The monoisotopic (exact) mass is 351 g/mol. The van der Waals surface area contributed by atoms with Crippen molar-refractivity contribution in [3.63, 3.8) is 0 Å². The standard InChI is InChI=1S/C24H33NO/c1-2-26-17-3-4-19-5-9-21(10-6-19)23-13-15-24(16-14-23)22-11-7-20(18-25)8-12-22/h3-4,7-8,11-12,19,21,23-24H,2,5-6,9-10,13-17H2,1H3/b4-3+. The highest BCUT2D eigenvalue weighted by Crippen LogP contribution is 2.44. The van der Waals surface area contributed by atoms with Gasteiger partial charge in [-0.2, -0.15) is 5.26 Å². The van der Waals surface area contributed by atoms with Gasteiger partial charge in [-0.3, -0.25) is 0 Å². The van der Waals surface area contributed by atoms with E-state index in [1.54, 1.807) is 0 Å². The number of ether oxygens (including phenoxy) is 1. The number of nitrogens with zero attached hydrogens (tertiary/aromatic N) is 1. The van der Waals surface area contributed by atoms with Gasteiger partial charge in [0.2, 0.25) is 0 Å². The molecule has 0 aliphatic heterocycles. The number of benzene rings is 1. The van der Waals surface area contributed by atoms with Crippen LogP contribution >= 0.6 is 0 Å². The number of hydrogen-bond acceptors (Lipinski definition) is 2. The summed E-state index contributed by atoms with van der Waals surface area (Å²) in [7, 11) is 0. The summed E-state index contributed by atoms with van der Waals surface area (Å²) in [4.78, 5) is 0. The van der Waals surface area contributed by atoms with Crippen LogP contribution in [-0.2, 0) is 4.74 Å². The second-order valence-corrected chi connectivity index (χ2v) is 8.11. The molecule has 0 spiro atoms. The zero-order valence-corrected chi connectivity index (χ0v) is 16.2. The normalized spacial score (nSPS) is 29.5. The van der Waals surface area contributed by atoms with E-state index >= 15 is 0 Å². The predicted molar refractivity (Wildman–Crippen MR) is 107 cm³/mol. The molecular formula is C24H33NO. The van der Waals surface area contributed by atoms with E-state index in [0.29, 0.717) is 5.92 Å². The van der Waals surface area contributed by atoms with Gasteiger partial charge in [-0.15, -0.1) is 0 Å². The van der Waals surface area contributed by atoms with Crippen molar-refractivity contribution in [1.29, 1.82) is 5.26 Å². The minimum absolute atomic E-state index is 0.705. The third-order valence-electron chi connectivity index (χ3n) is 6.59. The van der Waals surface area contributed by atoms with Gasteiger partial charge in [0.25, 0.3) is 0 Å². The van der Waals surface area contributed by atoms with E-state index < -0.39 is 0 Å². The molecule has 0 atom stereocenters. The largest absolute Gasteiger partial charge is 0.378 e. The molecule has 2 saturated carbocycles. The van der Waals surface area contributed by atoms with Crippen molar-refractivity contribution in [2.45, 2.75) is 64.2 Å². The van der Waals surface area contributed by atoms with Gasteiger partial charge >= 0.3 is 0 Å². The van der Waals surface area contributed by atoms with E-state index in [1.807, 2.05) is 12.1 Å². The lowest BCUT2D eigenvalue weighted by Gasteiger charge is -2.37. The Bertz CT molecular complexity index is 596. The van der Waals surface area contributed by atoms with Crippen LogP contribution in [-0.4, -0.2) is 13.2 Å². The Hall–Kier alpha value is -1.59. The Morgan fingerprint density at radius 2 is 1.58 bits per heavy atom. The highest BCUT2D eigenvalue weighted by atomic mass is 16.5. The molecule has 1 aromatic rings. The first-order chi connectivity index (χ1) is 12.8. The molecule has 0 amide bonds. The first-order valence-electron chi connectivity index (χ1n) is 10.5. The van der Waals surface area contributed by atoms with Crippen LogP contribution in [0.2, 0.25) is 0 Å². The Balaban J connectivity index is 1.41. The second-order valence-electron chi connectivity index (χ2n) is 8.11. The van der Waals surface area contributed by atoms with Crippen LogP contribution in [0.3, 0.4) is 0 Å². The van der Waals surface area contributed by atoms with Crippen LogP contribution in [0.4, 0.5) is 0 Å². The summed E-state index contributed by atoms with van der Waals surface area (Å²) in [5.41, 5.74) is 2.21. The molecule has 140 valence electrons. The lowest BCUT2D eigenvalue weighted by molar-refractivity contribution is 0.168. The van der Waals surface area contributed by atoms with E-state index in [1.165, 1.54) is 56.9 Å². The first-order valence-corrected chi connectivity index (χ1v) is 10.5. The van der Waals surface area contributed by atoms with Crippen molar-refractivity contribution >= 4 is 0 Å². The SMILES string of the molecule is CCOC/C=C/C1CCC(C2CCC(c3ccc(C#N)cc3)CC2)CC1. The molecule has 2 aliphatic carbocycles. The fraction of sp³-hybridized carbons (Fsp3) is 0.625. The van der Waals surface area contributed by atoms with Crippen molar-refractivity contribution in [1.82, 2.24) is 0 Å². The highest BCUT2D eigenvalue weighted by molar-refractivity contribution is 5.33. The quantitative estimate of drug-likeness (QED) is 0.449. The summed E-state index contributed by atoms with van der Waals surface area (Å²) < 4.78 is 5.40. The van der Waals surface area contributed by atoms with Gasteiger partial charge in [0, 0.05) is 6.61 Å². The Kier molecular flexibility index (Phi) is 7.32. The molecule has 0 N–H and O–H groups in total. The van der Waals surface area contributed by atoms with Gasteiger partial charge in [0.15, 0.2) is 0 Å². The van der Waals surface area contributed by atoms with Crippen molar-refractivity contribution in [2.75, 3.05) is 13.2 Å². The zero-order valence-electron chi connectivity index (χ0n) is 16.2. The Morgan fingerprint density at radius 1 is 0.962 bits per heavy atom. The molecule has 26 heavy (non-hydrogen) atoms. The molecule has 0 bridgehead atoms. The molecule has 2 nitrogen and oxygen atoms in total. The van der Waals surface area contributed by atoms with E-state index in [4.69, 9.17) is 10.00 Å². The average molecular weight is 352 g/mol. The summed E-state index contributed by atoms with van der Waals surface area (Å²) in [6.45, 7) is 3.63. The minimum Gasteiger partial charge on any atom is -0.378 e. The molecule has 3 rings (SSSR count). The van der Waals surface area contributed by atoms with E-state index in [-0.39, 0.29) is 0 Å². The molecule has 0 unspecified atom stereocenters. The summed E-state index contributed by atoms with van der Waals surface area (Å²) in [5.74, 6) is 3.38. The molecule has 0 saturated heterocycles. The predicted octanol–water partition coefficient (Wildman–Crippen LogP) is 6.23. The maximum absolute atomic E-state index is 8.95. The van der Waals surface area contributed by atoms with Gasteiger partial charge in [0.05, 0.1) is 18.2 Å². The van der Waals surface area contributed by atoms with E-state index in [0.717, 1.165) is 36.5 Å². The van der Waals surface area contributed by atoms with Gasteiger partial charge in [-0.05, 0) is 99.7 Å². The van der Waals surface area contributed by atoms with Crippen LogP contribution in [0.25, 0.3) is 0 Å². The van der Waals surface area contributed by atoms with E-state index in [9.17, 15) is 0 Å². The van der Waals surface area contributed by atoms with Crippen molar-refractivity contribution < 1.29 is 4.74 Å². The third kappa shape index (κ3) is 5.21. The van der Waals surface area contributed by atoms with Crippen molar-refractivity contribution in [3.05, 3.63) is 47.5 Å². The maximum atomic E-state index is 8.95. The summed E-state index contributed by atoms with van der Waals surface area (Å²) >= 11 is 0. The molecule has 0 radical (unpaired) electrons. The van der Waals surface area contributed by atoms with Crippen LogP contribution < -0.4 is 0 Å². The molecule has 2 heteroatoms. The van der Waals surface area contributed by atoms with Crippen LogP contribution in [0, 0.1) is 29.1 Å². The van der Waals surface area contributed by atoms with E-state index in [2.05, 4.69) is 37.3 Å². The van der Waals surface area contributed by atoms with Gasteiger partial charge < -0.3 is 4.74 Å². The maximum Gasteiger partial charge on any atom is 0.0991 e. The third-order valence-corrected chi connectivity index (χ3v) is 6.59. The minimum atomic E-state index is 0.705. The van der Waals surface area contributed by atoms with Crippen molar-refractivity contribution in [3.8, 4) is 6.07 Å². The van der Waals surface area contributed by atoms with Crippen LogP contribution in [0.15, 0.2) is 36.4 Å². The summed E-state index contributed by atoms with van der Waals surface area (Å²) in [5, 5.41) is 8.95. The summed E-state index contributed by atoms with van der Waals surface area (Å²) in [6, 6.07) is 10.5. The van der Waals surface area contributed by atoms with Gasteiger partial charge in [-0.25, -0.2) is 0 Å². The molecular weight excluding hydrogens is 318 g/mol. The van der Waals surface area contributed by atoms with Gasteiger partial charge in [-0.1, -0.05) is 24.3 Å². The average Bonchev–Trinajstić information content (AvgIpc) is 2.72. The topological polar surface area (TPSA) is 33.0 Å². The second kappa shape index (κ2) is 9.93. The van der Waals surface area contributed by atoms with Gasteiger partial charge in [0.1, 0.15) is 0 Å². The zero-order chi connectivity index (χ0) is 18.2. The van der Waals surface area contributed by atoms with Crippen LogP contribution in [0.5, 0.6) is 0 Å². The molecule has 2 aliphatic rings.